The van der Waals surface area contributed by atoms with Gasteiger partial charge in [-0.05, 0) is 62.7 Å². The number of nitrogens with one attached hydrogen (secondary N) is 2. The number of carbonyl (C=O) groups excluding carboxylic acids is 2. The second-order valence-corrected chi connectivity index (χ2v) is 7.17. The molecular formula is C24H28N4O3. The van der Waals surface area contributed by atoms with Crippen LogP contribution in [0.1, 0.15) is 42.9 Å². The number of pyridine rings is 1. The van der Waals surface area contributed by atoms with Gasteiger partial charge in [-0.2, -0.15) is 0 Å². The van der Waals surface area contributed by atoms with Crippen LogP contribution in [0.4, 0.5) is 10.5 Å². The molecule has 3 aromatic rings. The first kappa shape index (κ1) is 22.1. The standard InChI is InChI=1S/C24H28N4O3/c1-5-28(6-2)24(30)26-19-10-7-17(8-11-19)16(3)25-23(29)22-13-9-18-15-20(31-4)12-14-21(18)27-22/h7-16H,5-6H2,1-4H3,(H,25,29)(H,26,30). The number of nitrogens with zero attached hydrogens (tertiary/aromatic N) is 2. The maximum absolute atomic E-state index is 12.7. The Labute approximate surface area is 182 Å². The molecule has 3 amide bonds. The summed E-state index contributed by atoms with van der Waals surface area (Å²) in [6, 6.07) is 16.2. The Morgan fingerprint density at radius 2 is 1.74 bits per heavy atom. The van der Waals surface area contributed by atoms with E-state index in [2.05, 4.69) is 15.6 Å². The van der Waals surface area contributed by atoms with Crippen molar-refractivity contribution in [3.8, 4) is 5.75 Å². The van der Waals surface area contributed by atoms with Gasteiger partial charge in [0.05, 0.1) is 18.7 Å². The highest BCUT2D eigenvalue weighted by atomic mass is 16.5. The third-order valence-electron chi connectivity index (χ3n) is 5.19. The van der Waals surface area contributed by atoms with E-state index >= 15 is 0 Å². The third-order valence-corrected chi connectivity index (χ3v) is 5.19. The number of hydrogen-bond acceptors (Lipinski definition) is 4. The maximum Gasteiger partial charge on any atom is 0.321 e. The highest BCUT2D eigenvalue weighted by Gasteiger charge is 2.14. The summed E-state index contributed by atoms with van der Waals surface area (Å²) in [6.07, 6.45) is 0. The Bertz CT molecular complexity index is 1060. The average Bonchev–Trinajstić information content (AvgIpc) is 2.79. The molecule has 0 bridgehead atoms. The smallest absolute Gasteiger partial charge is 0.321 e. The number of fused-ring (bicyclic) bond motifs is 1. The Morgan fingerprint density at radius 1 is 1.03 bits per heavy atom. The first-order valence-electron chi connectivity index (χ1n) is 10.4. The molecule has 1 heterocycles. The van der Waals surface area contributed by atoms with Crippen molar-refractivity contribution in [3.63, 3.8) is 0 Å². The second-order valence-electron chi connectivity index (χ2n) is 7.17. The molecule has 3 rings (SSSR count). The van der Waals surface area contributed by atoms with Gasteiger partial charge in [0.15, 0.2) is 0 Å². The molecule has 0 spiro atoms. The third kappa shape index (κ3) is 5.31. The quantitative estimate of drug-likeness (QED) is 0.585. The summed E-state index contributed by atoms with van der Waals surface area (Å²) in [5.74, 6) is 0.501. The molecule has 1 unspecified atom stereocenters. The van der Waals surface area contributed by atoms with Crippen molar-refractivity contribution in [2.24, 2.45) is 0 Å². The van der Waals surface area contributed by atoms with E-state index in [1.165, 1.54) is 0 Å². The first-order chi connectivity index (χ1) is 14.9. The van der Waals surface area contributed by atoms with Crippen molar-refractivity contribution < 1.29 is 14.3 Å². The van der Waals surface area contributed by atoms with Gasteiger partial charge in [-0.25, -0.2) is 9.78 Å². The van der Waals surface area contributed by atoms with Crippen LogP contribution in [0.3, 0.4) is 0 Å². The van der Waals surface area contributed by atoms with Gasteiger partial charge in [0, 0.05) is 24.2 Å². The number of urea groups is 1. The predicted octanol–water partition coefficient (Wildman–Crippen LogP) is 4.61. The van der Waals surface area contributed by atoms with Crippen LogP contribution >= 0.6 is 0 Å². The number of methoxy groups -OCH3 is 1. The molecule has 0 aliphatic rings. The van der Waals surface area contributed by atoms with Crippen LogP contribution in [0.15, 0.2) is 54.6 Å². The molecule has 1 atom stereocenters. The van der Waals surface area contributed by atoms with E-state index in [0.29, 0.717) is 24.5 Å². The molecule has 2 aromatic carbocycles. The van der Waals surface area contributed by atoms with E-state index in [9.17, 15) is 9.59 Å². The van der Waals surface area contributed by atoms with Gasteiger partial charge < -0.3 is 20.3 Å². The van der Waals surface area contributed by atoms with E-state index in [1.807, 2.05) is 69.3 Å². The minimum atomic E-state index is -0.246. The van der Waals surface area contributed by atoms with Crippen LogP contribution in [-0.4, -0.2) is 42.0 Å². The summed E-state index contributed by atoms with van der Waals surface area (Å²) in [7, 11) is 1.61. The van der Waals surface area contributed by atoms with Crippen molar-refractivity contribution in [2.75, 3.05) is 25.5 Å². The summed E-state index contributed by atoms with van der Waals surface area (Å²) >= 11 is 0. The van der Waals surface area contributed by atoms with Gasteiger partial charge in [0.25, 0.3) is 5.91 Å². The lowest BCUT2D eigenvalue weighted by atomic mass is 10.1. The van der Waals surface area contributed by atoms with Crippen molar-refractivity contribution in [2.45, 2.75) is 26.8 Å². The monoisotopic (exact) mass is 420 g/mol. The lowest BCUT2D eigenvalue weighted by Crippen LogP contribution is -2.34. The number of rotatable bonds is 7. The minimum absolute atomic E-state index is 0.126. The van der Waals surface area contributed by atoms with Crippen molar-refractivity contribution in [3.05, 3.63) is 65.9 Å². The molecule has 2 N–H and O–H groups in total. The molecule has 0 fully saturated rings. The number of hydrogen-bond donors (Lipinski definition) is 2. The predicted molar refractivity (Wildman–Crippen MR) is 123 cm³/mol. The second kappa shape index (κ2) is 9.93. The topological polar surface area (TPSA) is 83.6 Å². The summed E-state index contributed by atoms with van der Waals surface area (Å²) in [5.41, 5.74) is 2.73. The van der Waals surface area contributed by atoms with Crippen LogP contribution in [0, 0.1) is 0 Å². The van der Waals surface area contributed by atoms with E-state index in [0.717, 1.165) is 22.2 Å². The van der Waals surface area contributed by atoms with Gasteiger partial charge in [-0.3, -0.25) is 4.79 Å². The summed E-state index contributed by atoms with van der Waals surface area (Å²) in [4.78, 5) is 31.0. The Balaban J connectivity index is 1.65. The lowest BCUT2D eigenvalue weighted by molar-refractivity contribution is 0.0935. The molecule has 0 saturated heterocycles. The molecule has 1 aromatic heterocycles. The molecule has 7 heteroatoms. The van der Waals surface area contributed by atoms with E-state index in [4.69, 9.17) is 4.74 Å². The normalized spacial score (nSPS) is 11.6. The van der Waals surface area contributed by atoms with Crippen molar-refractivity contribution >= 4 is 28.5 Å². The van der Waals surface area contributed by atoms with Crippen LogP contribution < -0.4 is 15.4 Å². The average molecular weight is 421 g/mol. The highest BCUT2D eigenvalue weighted by Crippen LogP contribution is 2.21. The molecule has 0 aliphatic carbocycles. The fourth-order valence-electron chi connectivity index (χ4n) is 3.28. The largest absolute Gasteiger partial charge is 0.497 e. The number of carbonyl (C=O) groups is 2. The molecular weight excluding hydrogens is 392 g/mol. The fourth-order valence-corrected chi connectivity index (χ4v) is 3.28. The van der Waals surface area contributed by atoms with Gasteiger partial charge >= 0.3 is 6.03 Å². The highest BCUT2D eigenvalue weighted by molar-refractivity contribution is 5.95. The Hall–Kier alpha value is -3.61. The van der Waals surface area contributed by atoms with Gasteiger partial charge in [-0.1, -0.05) is 18.2 Å². The SMILES string of the molecule is CCN(CC)C(=O)Nc1ccc(C(C)NC(=O)c2ccc3cc(OC)ccc3n2)cc1. The zero-order valence-corrected chi connectivity index (χ0v) is 18.3. The first-order valence-corrected chi connectivity index (χ1v) is 10.4. The number of aromatic nitrogens is 1. The Kier molecular flexibility index (Phi) is 7.07. The van der Waals surface area contributed by atoms with Crippen LogP contribution in [0.2, 0.25) is 0 Å². The molecule has 0 aliphatic heterocycles. The van der Waals surface area contributed by atoms with Gasteiger partial charge in [0.2, 0.25) is 0 Å². The zero-order chi connectivity index (χ0) is 22.4. The number of benzene rings is 2. The zero-order valence-electron chi connectivity index (χ0n) is 18.3. The van der Waals surface area contributed by atoms with Crippen molar-refractivity contribution in [1.29, 1.82) is 0 Å². The summed E-state index contributed by atoms with van der Waals surface area (Å²) < 4.78 is 5.22. The Morgan fingerprint density at radius 3 is 2.39 bits per heavy atom. The van der Waals surface area contributed by atoms with Crippen LogP contribution in [0.25, 0.3) is 10.9 Å². The number of anilines is 1. The molecule has 7 nitrogen and oxygen atoms in total. The summed E-state index contributed by atoms with van der Waals surface area (Å²) in [5, 5.41) is 6.77. The van der Waals surface area contributed by atoms with Crippen LogP contribution in [0.5, 0.6) is 5.75 Å². The molecule has 31 heavy (non-hydrogen) atoms. The van der Waals surface area contributed by atoms with Crippen LogP contribution in [-0.2, 0) is 0 Å². The minimum Gasteiger partial charge on any atom is -0.497 e. The number of ether oxygens (including phenoxy) is 1. The van der Waals surface area contributed by atoms with E-state index < -0.39 is 0 Å². The van der Waals surface area contributed by atoms with Gasteiger partial charge in [0.1, 0.15) is 11.4 Å². The van der Waals surface area contributed by atoms with Crippen molar-refractivity contribution in [1.82, 2.24) is 15.2 Å². The lowest BCUT2D eigenvalue weighted by Gasteiger charge is -2.19. The maximum atomic E-state index is 12.7. The molecule has 0 saturated carbocycles. The molecule has 162 valence electrons. The molecule has 0 radical (unpaired) electrons. The van der Waals surface area contributed by atoms with E-state index in [1.54, 1.807) is 18.1 Å². The number of amides is 3. The summed E-state index contributed by atoms with van der Waals surface area (Å²) in [6.45, 7) is 7.10. The fraction of sp³-hybridized carbons (Fsp3) is 0.292. The van der Waals surface area contributed by atoms with E-state index in [-0.39, 0.29) is 18.0 Å². The van der Waals surface area contributed by atoms with Gasteiger partial charge in [-0.15, -0.1) is 0 Å².